The molecule has 6 unspecified atom stereocenters. The topological polar surface area (TPSA) is 192 Å². The van der Waals surface area contributed by atoms with Crippen molar-refractivity contribution in [3.63, 3.8) is 0 Å². The summed E-state index contributed by atoms with van der Waals surface area (Å²) >= 11 is 0. The van der Waals surface area contributed by atoms with Crippen LogP contribution in [-0.4, -0.2) is 101 Å². The van der Waals surface area contributed by atoms with E-state index in [1.807, 2.05) is 152 Å². The van der Waals surface area contributed by atoms with Crippen LogP contribution in [0.2, 0.25) is 0 Å². The number of nitrogens with zero attached hydrogens (tertiary/aromatic N) is 2. The van der Waals surface area contributed by atoms with Gasteiger partial charge in [0.1, 0.15) is 0 Å². The molecule has 0 amide bonds. The molecule has 78 heavy (non-hydrogen) atoms. The third-order valence-corrected chi connectivity index (χ3v) is 21.3. The van der Waals surface area contributed by atoms with Crippen LogP contribution in [0, 0.1) is 0 Å². The first-order valence-corrected chi connectivity index (χ1v) is 30.4. The number of hydrogen-bond acceptors (Lipinski definition) is 19. The standard InChI is InChI=1S/C56H62N3O16P3/c1-2-19-46(20-3-1)70-59-77(71-52-21-9-4-14-41(52)26-60-31-47-36-65-47,72-53-22-10-5-15-42(53)27-61-32-48-37-66-48)57-76-58-78(59,73-54-23-11-6-16-43(54)28-62-33-49-38-67-49,74-55-24-12-7-17-44(55)29-63-34-50-39-68-50)75-56-25-13-8-18-45(56)30-64-35-51-40-69-51/h1-25,47-51,58,76H,26-40H2. The fourth-order valence-electron chi connectivity index (χ4n) is 8.16. The van der Waals surface area contributed by atoms with E-state index in [0.717, 1.165) is 0 Å². The molecular weight excluding hydrogens is 1060 g/mol. The van der Waals surface area contributed by atoms with E-state index in [9.17, 15) is 0 Å². The molecule has 0 saturated carbocycles. The van der Waals surface area contributed by atoms with Gasteiger partial charge in [-0.05, 0) is 0 Å². The summed E-state index contributed by atoms with van der Waals surface area (Å²) < 4.78 is 105. The summed E-state index contributed by atoms with van der Waals surface area (Å²) in [6, 6.07) is 47.1. The Bertz CT molecular complexity index is 2790. The summed E-state index contributed by atoms with van der Waals surface area (Å²) in [4.78, 5) is 11.2. The Kier molecular flexibility index (Phi) is 16.8. The quantitative estimate of drug-likeness (QED) is 0.0309. The van der Waals surface area contributed by atoms with Gasteiger partial charge in [-0.1, -0.05) is 0 Å². The van der Waals surface area contributed by atoms with Crippen molar-refractivity contribution < 1.29 is 74.8 Å². The van der Waals surface area contributed by atoms with Gasteiger partial charge in [0.2, 0.25) is 0 Å². The van der Waals surface area contributed by atoms with Gasteiger partial charge in [-0.15, -0.1) is 0 Å². The Hall–Kier alpha value is -5.27. The molecule has 6 aromatic carbocycles. The van der Waals surface area contributed by atoms with Gasteiger partial charge in [-0.2, -0.15) is 0 Å². The monoisotopic (exact) mass is 1130 g/mol. The van der Waals surface area contributed by atoms with E-state index >= 15 is 0 Å². The van der Waals surface area contributed by atoms with Crippen LogP contribution in [0.3, 0.4) is 0 Å². The number of ether oxygens (including phenoxy) is 10. The number of benzene rings is 6. The van der Waals surface area contributed by atoms with Crippen molar-refractivity contribution in [2.75, 3.05) is 66.1 Å². The molecule has 6 aliphatic rings. The second kappa shape index (κ2) is 24.6. The van der Waals surface area contributed by atoms with Crippen LogP contribution >= 0.6 is 24.1 Å². The molecule has 0 radical (unpaired) electrons. The maximum absolute atomic E-state index is 7.91. The van der Waals surface area contributed by atoms with Gasteiger partial charge in [-0.25, -0.2) is 0 Å². The summed E-state index contributed by atoms with van der Waals surface area (Å²) in [5, 5.41) is 0. The Labute approximate surface area is 454 Å². The molecule has 19 nitrogen and oxygen atoms in total. The molecular formula is C56H62N3O16P3. The molecule has 0 aliphatic carbocycles. The van der Waals surface area contributed by atoms with Gasteiger partial charge >= 0.3 is 457 Å². The molecule has 6 heterocycles. The molecule has 0 spiro atoms. The SMILES string of the molecule is c1ccc(ON2P(Oc3ccccc3COCC3CO3)(Oc3ccccc3COCC3CO3)=NPNP2(Oc2ccccc2COCC2CO2)(Oc2ccccc2COCC2CO2)Oc2ccccc2COCC2CO2)cc1. The van der Waals surface area contributed by atoms with E-state index in [1.165, 1.54) is 4.60 Å². The van der Waals surface area contributed by atoms with Crippen molar-refractivity contribution in [2.24, 2.45) is 4.52 Å². The average Bonchev–Trinajstić information content (AvgIpc) is 4.42. The van der Waals surface area contributed by atoms with Crippen LogP contribution in [-0.2, 0) is 80.4 Å². The van der Waals surface area contributed by atoms with Crippen LogP contribution in [0.15, 0.2) is 156 Å². The molecule has 6 aromatic rings. The summed E-state index contributed by atoms with van der Waals surface area (Å²) in [7, 11) is -10.9. The fourth-order valence-corrected chi connectivity index (χ4v) is 17.7. The second-order valence-electron chi connectivity index (χ2n) is 19.2. The minimum absolute atomic E-state index is 0.00887. The van der Waals surface area contributed by atoms with Gasteiger partial charge in [0.15, 0.2) is 0 Å². The van der Waals surface area contributed by atoms with Crippen molar-refractivity contribution in [1.29, 1.82) is 0 Å². The van der Waals surface area contributed by atoms with Gasteiger partial charge in [-0.3, -0.25) is 0 Å². The number of nitrogens with one attached hydrogen (secondary N) is 1. The zero-order chi connectivity index (χ0) is 52.5. The van der Waals surface area contributed by atoms with E-state index in [4.69, 9.17) is 79.3 Å². The normalized spacial score (nSPS) is 24.9. The summed E-state index contributed by atoms with van der Waals surface area (Å²) in [6.07, 6.45) is 0.0809. The van der Waals surface area contributed by atoms with E-state index < -0.39 is 24.1 Å². The first-order chi connectivity index (χ1) is 38.5. The molecule has 5 saturated heterocycles. The van der Waals surface area contributed by atoms with E-state index in [-0.39, 0.29) is 63.6 Å². The van der Waals surface area contributed by atoms with Crippen molar-refractivity contribution in [1.82, 2.24) is 9.46 Å². The van der Waals surface area contributed by atoms with Gasteiger partial charge in [0.05, 0.1) is 0 Å². The van der Waals surface area contributed by atoms with Gasteiger partial charge in [0.25, 0.3) is 0 Å². The van der Waals surface area contributed by atoms with Crippen LogP contribution < -0.4 is 32.3 Å². The Balaban J connectivity index is 1.08. The zero-order valence-corrected chi connectivity index (χ0v) is 45.5. The predicted octanol–water partition coefficient (Wildman–Crippen LogP) is 10.4. The van der Waals surface area contributed by atoms with Crippen LogP contribution in [0.25, 0.3) is 0 Å². The van der Waals surface area contributed by atoms with E-state index in [0.29, 0.717) is 128 Å². The number of rotatable bonds is 32. The first kappa shape index (κ1) is 53.4. The fraction of sp³-hybridized carbons (Fsp3) is 0.357. The third kappa shape index (κ3) is 13.8. The van der Waals surface area contributed by atoms with Crippen LogP contribution in [0.4, 0.5) is 0 Å². The second-order valence-corrected chi connectivity index (χ2v) is 25.7. The summed E-state index contributed by atoms with van der Waals surface area (Å²) in [5.74, 6) is 2.11. The first-order valence-electron chi connectivity index (χ1n) is 26.0. The number of para-hydroxylation sites is 6. The summed E-state index contributed by atoms with van der Waals surface area (Å²) in [5.41, 5.74) is 3.40. The molecule has 5 fully saturated rings. The Morgan fingerprint density at radius 3 is 1.05 bits per heavy atom. The summed E-state index contributed by atoms with van der Waals surface area (Å²) in [6.45, 7) is 5.90. The Morgan fingerprint density at radius 2 is 0.718 bits per heavy atom. The average molecular weight is 1130 g/mol. The molecule has 0 bridgehead atoms. The van der Waals surface area contributed by atoms with Gasteiger partial charge in [0, 0.05) is 0 Å². The third-order valence-electron chi connectivity index (χ3n) is 12.7. The Morgan fingerprint density at radius 1 is 0.423 bits per heavy atom. The van der Waals surface area contributed by atoms with Crippen molar-refractivity contribution >= 4 is 24.1 Å². The van der Waals surface area contributed by atoms with E-state index in [2.05, 4.69) is 4.86 Å². The molecule has 412 valence electrons. The van der Waals surface area contributed by atoms with Crippen molar-refractivity contribution in [2.45, 2.75) is 63.6 Å². The van der Waals surface area contributed by atoms with Crippen LogP contribution in [0.5, 0.6) is 34.5 Å². The molecule has 22 heteroatoms. The molecule has 6 aliphatic heterocycles. The van der Waals surface area contributed by atoms with E-state index in [1.54, 1.807) is 0 Å². The van der Waals surface area contributed by atoms with Crippen molar-refractivity contribution in [3.05, 3.63) is 179 Å². The molecule has 0 aromatic heterocycles. The number of epoxide rings is 5. The number of hydrogen-bond donors (Lipinski definition) is 1. The molecule has 1 N–H and O–H groups in total. The molecule has 12 rings (SSSR count). The maximum atomic E-state index is 7.91. The minimum atomic E-state index is -5.87. The van der Waals surface area contributed by atoms with Gasteiger partial charge < -0.3 is 0 Å². The zero-order valence-electron chi connectivity index (χ0n) is 42.7. The molecule has 6 atom stereocenters. The van der Waals surface area contributed by atoms with Crippen LogP contribution in [0.1, 0.15) is 27.8 Å². The van der Waals surface area contributed by atoms with Crippen molar-refractivity contribution in [3.8, 4) is 34.5 Å². The predicted molar refractivity (Wildman–Crippen MR) is 289 cm³/mol.